The Hall–Kier alpha value is -2.07. The van der Waals surface area contributed by atoms with E-state index >= 15 is 0 Å². The van der Waals surface area contributed by atoms with Crippen molar-refractivity contribution >= 4 is 15.9 Å². The summed E-state index contributed by atoms with van der Waals surface area (Å²) in [5.74, 6) is 1.78. The molecule has 0 saturated heterocycles. The van der Waals surface area contributed by atoms with Crippen LogP contribution in [0.15, 0.2) is 59.2 Å². The van der Waals surface area contributed by atoms with Gasteiger partial charge in [0.1, 0.15) is 11.6 Å². The average molecular weight is 343 g/mol. The van der Waals surface area contributed by atoms with E-state index in [1.54, 1.807) is 7.11 Å². The standard InChI is InChI=1S/C17H15BrN2O/c1-21-16-5-3-2-4-13(16)10-15-11-19-17(20-15)12-6-8-14(18)9-7-12/h2-9,11H,10H2,1H3,(H,19,20). The third-order valence-electron chi connectivity index (χ3n) is 3.32. The number of para-hydroxylation sites is 1. The van der Waals surface area contributed by atoms with Gasteiger partial charge in [0.2, 0.25) is 0 Å². The van der Waals surface area contributed by atoms with Crippen molar-refractivity contribution in [1.82, 2.24) is 9.97 Å². The van der Waals surface area contributed by atoms with Crippen LogP contribution in [0.5, 0.6) is 5.75 Å². The summed E-state index contributed by atoms with van der Waals surface area (Å²) in [5.41, 5.74) is 3.29. The number of aromatic nitrogens is 2. The lowest BCUT2D eigenvalue weighted by atomic mass is 10.1. The summed E-state index contributed by atoms with van der Waals surface area (Å²) in [7, 11) is 1.69. The second-order valence-electron chi connectivity index (χ2n) is 4.75. The zero-order chi connectivity index (χ0) is 14.7. The number of rotatable bonds is 4. The van der Waals surface area contributed by atoms with E-state index in [0.717, 1.165) is 39.3 Å². The van der Waals surface area contributed by atoms with Crippen LogP contribution in [0.1, 0.15) is 11.3 Å². The molecule has 21 heavy (non-hydrogen) atoms. The molecule has 0 radical (unpaired) electrons. The Labute approximate surface area is 132 Å². The lowest BCUT2D eigenvalue weighted by Crippen LogP contribution is -1.93. The first-order valence-electron chi connectivity index (χ1n) is 6.68. The van der Waals surface area contributed by atoms with Crippen LogP contribution in [0, 0.1) is 0 Å². The molecular weight excluding hydrogens is 328 g/mol. The first-order valence-corrected chi connectivity index (χ1v) is 7.47. The predicted octanol–water partition coefficient (Wildman–Crippen LogP) is 4.44. The Morgan fingerprint density at radius 1 is 1.10 bits per heavy atom. The van der Waals surface area contributed by atoms with Gasteiger partial charge in [-0.15, -0.1) is 0 Å². The monoisotopic (exact) mass is 342 g/mol. The van der Waals surface area contributed by atoms with E-state index in [-0.39, 0.29) is 0 Å². The molecule has 0 aliphatic rings. The number of H-pyrrole nitrogens is 1. The predicted molar refractivity (Wildman–Crippen MR) is 87.5 cm³/mol. The van der Waals surface area contributed by atoms with Gasteiger partial charge >= 0.3 is 0 Å². The highest BCUT2D eigenvalue weighted by Gasteiger charge is 2.07. The Morgan fingerprint density at radius 3 is 2.62 bits per heavy atom. The maximum atomic E-state index is 5.38. The largest absolute Gasteiger partial charge is 0.496 e. The van der Waals surface area contributed by atoms with Gasteiger partial charge in [0.05, 0.1) is 7.11 Å². The molecule has 0 aliphatic heterocycles. The molecule has 0 amide bonds. The summed E-state index contributed by atoms with van der Waals surface area (Å²) in [4.78, 5) is 7.82. The van der Waals surface area contributed by atoms with Crippen LogP contribution in [0.4, 0.5) is 0 Å². The molecule has 3 nitrogen and oxygen atoms in total. The van der Waals surface area contributed by atoms with Crippen LogP contribution in [0.25, 0.3) is 11.4 Å². The van der Waals surface area contributed by atoms with Gasteiger partial charge in [-0.05, 0) is 18.2 Å². The molecule has 2 aromatic carbocycles. The molecule has 4 heteroatoms. The van der Waals surface area contributed by atoms with E-state index in [0.29, 0.717) is 0 Å². The fraction of sp³-hybridized carbons (Fsp3) is 0.118. The number of hydrogen-bond acceptors (Lipinski definition) is 2. The smallest absolute Gasteiger partial charge is 0.137 e. The second-order valence-corrected chi connectivity index (χ2v) is 5.67. The van der Waals surface area contributed by atoms with Crippen molar-refractivity contribution in [3.63, 3.8) is 0 Å². The van der Waals surface area contributed by atoms with Crippen molar-refractivity contribution in [3.8, 4) is 17.1 Å². The summed E-state index contributed by atoms with van der Waals surface area (Å²) >= 11 is 3.44. The maximum absolute atomic E-state index is 5.38. The molecule has 1 aromatic heterocycles. The van der Waals surface area contributed by atoms with E-state index in [9.17, 15) is 0 Å². The summed E-state index contributed by atoms with van der Waals surface area (Å²) in [6.07, 6.45) is 2.65. The van der Waals surface area contributed by atoms with Crippen LogP contribution in [-0.2, 0) is 6.42 Å². The van der Waals surface area contributed by atoms with Crippen molar-refractivity contribution < 1.29 is 4.74 Å². The zero-order valence-electron chi connectivity index (χ0n) is 11.6. The van der Waals surface area contributed by atoms with Crippen LogP contribution in [0.3, 0.4) is 0 Å². The molecule has 0 bridgehead atoms. The molecule has 0 spiro atoms. The zero-order valence-corrected chi connectivity index (χ0v) is 13.2. The Kier molecular flexibility index (Phi) is 4.06. The molecule has 1 heterocycles. The van der Waals surface area contributed by atoms with E-state index in [1.807, 2.05) is 48.7 Å². The quantitative estimate of drug-likeness (QED) is 0.761. The number of aromatic amines is 1. The third-order valence-corrected chi connectivity index (χ3v) is 3.85. The Morgan fingerprint density at radius 2 is 1.86 bits per heavy atom. The van der Waals surface area contributed by atoms with Gasteiger partial charge in [-0.3, -0.25) is 0 Å². The summed E-state index contributed by atoms with van der Waals surface area (Å²) in [6, 6.07) is 16.1. The van der Waals surface area contributed by atoms with Gasteiger partial charge in [0, 0.05) is 33.9 Å². The molecule has 3 aromatic rings. The fourth-order valence-electron chi connectivity index (χ4n) is 2.26. The van der Waals surface area contributed by atoms with Crippen molar-refractivity contribution in [3.05, 3.63) is 70.5 Å². The van der Waals surface area contributed by atoms with E-state index in [1.165, 1.54) is 0 Å². The number of benzene rings is 2. The van der Waals surface area contributed by atoms with Gasteiger partial charge in [-0.25, -0.2) is 4.98 Å². The van der Waals surface area contributed by atoms with Gasteiger partial charge < -0.3 is 9.72 Å². The molecule has 0 unspecified atom stereocenters. The minimum atomic E-state index is 0.771. The minimum absolute atomic E-state index is 0.771. The Bertz CT molecular complexity index is 735. The molecule has 0 fully saturated rings. The molecule has 1 N–H and O–H groups in total. The first-order chi connectivity index (χ1) is 10.3. The number of nitrogens with zero attached hydrogens (tertiary/aromatic N) is 1. The molecule has 106 valence electrons. The van der Waals surface area contributed by atoms with Gasteiger partial charge in [0.15, 0.2) is 0 Å². The number of hydrogen-bond donors (Lipinski definition) is 1. The van der Waals surface area contributed by atoms with Crippen LogP contribution >= 0.6 is 15.9 Å². The second kappa shape index (κ2) is 6.14. The van der Waals surface area contributed by atoms with Gasteiger partial charge in [-0.1, -0.05) is 46.3 Å². The number of imidazole rings is 1. The minimum Gasteiger partial charge on any atom is -0.496 e. The van der Waals surface area contributed by atoms with Crippen LogP contribution in [0.2, 0.25) is 0 Å². The number of nitrogens with one attached hydrogen (secondary N) is 1. The number of ether oxygens (including phenoxy) is 1. The Balaban J connectivity index is 1.83. The highest BCUT2D eigenvalue weighted by atomic mass is 79.9. The summed E-state index contributed by atoms with van der Waals surface area (Å²) < 4.78 is 6.44. The van der Waals surface area contributed by atoms with Crippen LogP contribution < -0.4 is 4.74 Å². The molecule has 0 aliphatic carbocycles. The molecule has 0 saturated carbocycles. The third kappa shape index (κ3) is 3.16. The van der Waals surface area contributed by atoms with Gasteiger partial charge in [0.25, 0.3) is 0 Å². The van der Waals surface area contributed by atoms with E-state index in [2.05, 4.69) is 32.0 Å². The average Bonchev–Trinajstić information content (AvgIpc) is 2.97. The molecule has 0 atom stereocenters. The van der Waals surface area contributed by atoms with Crippen molar-refractivity contribution in [1.29, 1.82) is 0 Å². The number of halogens is 1. The topological polar surface area (TPSA) is 37.9 Å². The van der Waals surface area contributed by atoms with Crippen molar-refractivity contribution in [2.45, 2.75) is 6.42 Å². The lowest BCUT2D eigenvalue weighted by molar-refractivity contribution is 0.410. The van der Waals surface area contributed by atoms with E-state index < -0.39 is 0 Å². The number of methoxy groups -OCH3 is 1. The highest BCUT2D eigenvalue weighted by Crippen LogP contribution is 2.23. The SMILES string of the molecule is COc1ccccc1Cc1cnc(-c2ccc(Br)cc2)[nH]1. The molecular formula is C17H15BrN2O. The lowest BCUT2D eigenvalue weighted by Gasteiger charge is -2.06. The first kappa shape index (κ1) is 13.9. The normalized spacial score (nSPS) is 10.6. The van der Waals surface area contributed by atoms with Gasteiger partial charge in [-0.2, -0.15) is 0 Å². The van der Waals surface area contributed by atoms with Crippen molar-refractivity contribution in [2.75, 3.05) is 7.11 Å². The van der Waals surface area contributed by atoms with E-state index in [4.69, 9.17) is 4.74 Å². The highest BCUT2D eigenvalue weighted by molar-refractivity contribution is 9.10. The maximum Gasteiger partial charge on any atom is 0.137 e. The molecule has 3 rings (SSSR count). The van der Waals surface area contributed by atoms with Crippen molar-refractivity contribution in [2.24, 2.45) is 0 Å². The fourth-order valence-corrected chi connectivity index (χ4v) is 2.52. The summed E-state index contributed by atoms with van der Waals surface area (Å²) in [5, 5.41) is 0. The van der Waals surface area contributed by atoms with Crippen LogP contribution in [-0.4, -0.2) is 17.1 Å². The summed E-state index contributed by atoms with van der Waals surface area (Å²) in [6.45, 7) is 0.